The molecule has 1 heterocycles. The molecule has 1 unspecified atom stereocenters. The number of hydrogen-bond acceptors (Lipinski definition) is 6. The van der Waals surface area contributed by atoms with E-state index in [-0.39, 0.29) is 17.9 Å². The number of para-hydroxylation sites is 1. The van der Waals surface area contributed by atoms with Gasteiger partial charge in [0, 0.05) is 25.3 Å². The third-order valence-electron chi connectivity index (χ3n) is 3.70. The summed E-state index contributed by atoms with van der Waals surface area (Å²) < 4.78 is 15.9. The Kier molecular flexibility index (Phi) is 8.08. The molecule has 2 rings (SSSR count). The molecule has 0 radical (unpaired) electrons. The van der Waals surface area contributed by atoms with Crippen molar-refractivity contribution in [3.05, 3.63) is 29.8 Å². The fraction of sp³-hybridized carbons (Fsp3) is 0.556. The molecule has 6 nitrogen and oxygen atoms in total. The zero-order valence-electron chi connectivity index (χ0n) is 14.7. The molecule has 0 aromatic heterocycles. The lowest BCUT2D eigenvalue weighted by Gasteiger charge is -2.25. The Morgan fingerprint density at radius 1 is 1.28 bits per heavy atom. The molecule has 1 aliphatic rings. The number of rotatable bonds is 10. The molecule has 1 amide bonds. The first-order valence-electron chi connectivity index (χ1n) is 8.53. The van der Waals surface area contributed by atoms with E-state index >= 15 is 0 Å². The molecule has 1 fully saturated rings. The molecule has 0 spiro atoms. The van der Waals surface area contributed by atoms with Crippen LogP contribution in [-0.4, -0.2) is 55.5 Å². The molecule has 1 aliphatic heterocycles. The highest BCUT2D eigenvalue weighted by atomic mass is 32.2. The third-order valence-corrected chi connectivity index (χ3v) is 4.93. The maximum Gasteiger partial charge on any atom is 0.344 e. The summed E-state index contributed by atoms with van der Waals surface area (Å²) in [6.45, 7) is 5.85. The van der Waals surface area contributed by atoms with Gasteiger partial charge in [-0.2, -0.15) is 0 Å². The molecule has 1 aromatic rings. The van der Waals surface area contributed by atoms with Gasteiger partial charge >= 0.3 is 5.97 Å². The zero-order valence-corrected chi connectivity index (χ0v) is 15.5. The normalized spacial score (nSPS) is 17.0. The van der Waals surface area contributed by atoms with Gasteiger partial charge in [-0.1, -0.05) is 18.2 Å². The molecule has 138 valence electrons. The second-order valence-electron chi connectivity index (χ2n) is 5.43. The number of nitrogens with zero attached hydrogens (tertiary/aromatic N) is 1. The van der Waals surface area contributed by atoms with E-state index in [1.165, 1.54) is 0 Å². The van der Waals surface area contributed by atoms with Gasteiger partial charge in [0.1, 0.15) is 11.1 Å². The summed E-state index contributed by atoms with van der Waals surface area (Å²) in [7, 11) is 0. The van der Waals surface area contributed by atoms with Gasteiger partial charge in [0.2, 0.25) is 5.91 Å². The molecular formula is C18H25NO5S. The van der Waals surface area contributed by atoms with Crippen LogP contribution in [0.2, 0.25) is 0 Å². The Morgan fingerprint density at radius 3 is 2.84 bits per heavy atom. The standard InChI is InChI=1S/C18H25NO5S/c1-3-22-11-7-10-19-16(20)13-25-18(19)14-8-5-6-9-15(14)24-12-17(21)23-4-2/h5-6,8-9,18H,3-4,7,10-13H2,1-2H3. The van der Waals surface area contributed by atoms with E-state index in [0.717, 1.165) is 12.0 Å². The molecule has 0 aliphatic carbocycles. The second-order valence-corrected chi connectivity index (χ2v) is 6.50. The maximum absolute atomic E-state index is 12.2. The minimum atomic E-state index is -0.402. The quantitative estimate of drug-likeness (QED) is 0.468. The fourth-order valence-corrected chi connectivity index (χ4v) is 3.83. The number of hydrogen-bond donors (Lipinski definition) is 0. The number of carbonyl (C=O) groups is 2. The number of amides is 1. The van der Waals surface area contributed by atoms with Crippen LogP contribution >= 0.6 is 11.8 Å². The van der Waals surface area contributed by atoms with E-state index in [1.54, 1.807) is 18.7 Å². The largest absolute Gasteiger partial charge is 0.482 e. The topological polar surface area (TPSA) is 65.1 Å². The van der Waals surface area contributed by atoms with Crippen molar-refractivity contribution in [3.8, 4) is 5.75 Å². The number of ether oxygens (including phenoxy) is 3. The molecule has 0 saturated carbocycles. The summed E-state index contributed by atoms with van der Waals surface area (Å²) in [5, 5.41) is -0.104. The van der Waals surface area contributed by atoms with E-state index in [0.29, 0.717) is 37.9 Å². The highest BCUT2D eigenvalue weighted by Crippen LogP contribution is 2.42. The minimum absolute atomic E-state index is 0.104. The summed E-state index contributed by atoms with van der Waals surface area (Å²) in [5.41, 5.74) is 0.902. The van der Waals surface area contributed by atoms with Crippen LogP contribution < -0.4 is 4.74 Å². The van der Waals surface area contributed by atoms with Gasteiger partial charge in [-0.3, -0.25) is 4.79 Å². The molecule has 25 heavy (non-hydrogen) atoms. The van der Waals surface area contributed by atoms with E-state index in [9.17, 15) is 9.59 Å². The van der Waals surface area contributed by atoms with E-state index in [4.69, 9.17) is 14.2 Å². The lowest BCUT2D eigenvalue weighted by atomic mass is 10.1. The number of thioether (sulfide) groups is 1. The van der Waals surface area contributed by atoms with Crippen LogP contribution in [0.25, 0.3) is 0 Å². The van der Waals surface area contributed by atoms with Crippen LogP contribution in [0.3, 0.4) is 0 Å². The van der Waals surface area contributed by atoms with Gasteiger partial charge in [-0.15, -0.1) is 11.8 Å². The molecule has 1 saturated heterocycles. The average Bonchev–Trinajstić information content (AvgIpc) is 2.98. The fourth-order valence-electron chi connectivity index (χ4n) is 2.59. The summed E-state index contributed by atoms with van der Waals surface area (Å²) in [4.78, 5) is 25.6. The highest BCUT2D eigenvalue weighted by Gasteiger charge is 2.34. The van der Waals surface area contributed by atoms with Crippen LogP contribution in [0.5, 0.6) is 5.75 Å². The smallest absolute Gasteiger partial charge is 0.344 e. The van der Waals surface area contributed by atoms with Gasteiger partial charge in [-0.05, 0) is 26.3 Å². The Morgan fingerprint density at radius 2 is 2.08 bits per heavy atom. The average molecular weight is 367 g/mol. The Labute approximate surface area is 152 Å². The van der Waals surface area contributed by atoms with Crippen LogP contribution in [-0.2, 0) is 19.1 Å². The number of esters is 1. The predicted molar refractivity (Wildman–Crippen MR) is 96.6 cm³/mol. The molecular weight excluding hydrogens is 342 g/mol. The van der Waals surface area contributed by atoms with E-state index in [1.807, 2.05) is 36.1 Å². The molecule has 7 heteroatoms. The van der Waals surface area contributed by atoms with Crippen molar-refractivity contribution in [1.82, 2.24) is 4.90 Å². The SMILES string of the molecule is CCOCCCN1C(=O)CSC1c1ccccc1OCC(=O)OCC. The Bertz CT molecular complexity index is 580. The van der Waals surface area contributed by atoms with Crippen molar-refractivity contribution in [2.24, 2.45) is 0 Å². The van der Waals surface area contributed by atoms with Gasteiger partial charge in [-0.25, -0.2) is 4.79 Å². The van der Waals surface area contributed by atoms with Crippen molar-refractivity contribution in [2.45, 2.75) is 25.6 Å². The van der Waals surface area contributed by atoms with Crippen molar-refractivity contribution in [3.63, 3.8) is 0 Å². The van der Waals surface area contributed by atoms with Crippen LogP contribution in [0.1, 0.15) is 31.2 Å². The van der Waals surface area contributed by atoms with Crippen LogP contribution in [0.15, 0.2) is 24.3 Å². The summed E-state index contributed by atoms with van der Waals surface area (Å²) >= 11 is 1.57. The first-order chi connectivity index (χ1) is 12.2. The van der Waals surface area contributed by atoms with E-state index < -0.39 is 5.97 Å². The molecule has 0 bridgehead atoms. The van der Waals surface area contributed by atoms with Crippen molar-refractivity contribution < 1.29 is 23.8 Å². The Hall–Kier alpha value is -1.73. The van der Waals surface area contributed by atoms with Crippen LogP contribution in [0, 0.1) is 0 Å². The molecule has 1 aromatic carbocycles. The van der Waals surface area contributed by atoms with Crippen molar-refractivity contribution >= 4 is 23.6 Å². The first kappa shape index (κ1) is 19.6. The second kappa shape index (κ2) is 10.3. The summed E-state index contributed by atoms with van der Waals surface area (Å²) in [5.74, 6) is 0.774. The van der Waals surface area contributed by atoms with Crippen molar-refractivity contribution in [1.29, 1.82) is 0 Å². The summed E-state index contributed by atoms with van der Waals surface area (Å²) in [6, 6.07) is 7.52. The monoisotopic (exact) mass is 367 g/mol. The maximum atomic E-state index is 12.2. The van der Waals surface area contributed by atoms with E-state index in [2.05, 4.69) is 0 Å². The van der Waals surface area contributed by atoms with Gasteiger partial charge < -0.3 is 19.1 Å². The van der Waals surface area contributed by atoms with Gasteiger partial charge in [0.25, 0.3) is 0 Å². The van der Waals surface area contributed by atoms with Crippen LogP contribution in [0.4, 0.5) is 0 Å². The lowest BCUT2D eigenvalue weighted by molar-refractivity contribution is -0.145. The highest BCUT2D eigenvalue weighted by molar-refractivity contribution is 8.00. The number of carbonyl (C=O) groups excluding carboxylic acids is 2. The van der Waals surface area contributed by atoms with Gasteiger partial charge in [0.15, 0.2) is 6.61 Å². The molecule has 0 N–H and O–H groups in total. The minimum Gasteiger partial charge on any atom is -0.482 e. The molecule has 1 atom stereocenters. The third kappa shape index (κ3) is 5.64. The first-order valence-corrected chi connectivity index (χ1v) is 9.58. The lowest BCUT2D eigenvalue weighted by Crippen LogP contribution is -2.30. The van der Waals surface area contributed by atoms with Gasteiger partial charge in [0.05, 0.1) is 12.4 Å². The Balaban J connectivity index is 2.05. The zero-order chi connectivity index (χ0) is 18.1. The van der Waals surface area contributed by atoms with Crippen molar-refractivity contribution in [2.75, 3.05) is 38.7 Å². The predicted octanol–water partition coefficient (Wildman–Crippen LogP) is 2.63. The number of benzene rings is 1. The summed E-state index contributed by atoms with van der Waals surface area (Å²) in [6.07, 6.45) is 0.794.